The van der Waals surface area contributed by atoms with E-state index < -0.39 is 5.72 Å². The molecule has 0 aromatic heterocycles. The number of rotatable bonds is 2. The van der Waals surface area contributed by atoms with Crippen molar-refractivity contribution in [3.05, 3.63) is 77.4 Å². The predicted octanol–water partition coefficient (Wildman–Crippen LogP) is 3.82. The van der Waals surface area contributed by atoms with Gasteiger partial charge in [0.05, 0.1) is 6.61 Å². The molecule has 0 radical (unpaired) electrons. The maximum absolute atomic E-state index is 12.8. The number of amides is 1. The number of nitrogens with zero attached hydrogens (tertiary/aromatic N) is 1. The molecule has 0 aliphatic carbocycles. The molecule has 1 amide bonds. The number of carbonyl (C=O) groups excluding carboxylic acids is 1. The highest BCUT2D eigenvalue weighted by Gasteiger charge is 2.49. The van der Waals surface area contributed by atoms with Crippen LogP contribution in [0.2, 0.25) is 0 Å². The third-order valence-electron chi connectivity index (χ3n) is 4.59. The van der Waals surface area contributed by atoms with Gasteiger partial charge in [-0.2, -0.15) is 0 Å². The fourth-order valence-electron chi connectivity index (χ4n) is 3.45. The lowest BCUT2D eigenvalue weighted by atomic mass is 9.99. The Morgan fingerprint density at radius 3 is 2.65 bits per heavy atom. The SMILES string of the molecule is O=C1c2ccccc2C2(/C=C/c3ccccc3)OCCCCN12. The van der Waals surface area contributed by atoms with Crippen molar-refractivity contribution in [1.29, 1.82) is 0 Å². The Labute approximate surface area is 136 Å². The Morgan fingerprint density at radius 1 is 1.00 bits per heavy atom. The zero-order chi connectivity index (χ0) is 15.7. The van der Waals surface area contributed by atoms with Crippen LogP contribution in [0.1, 0.15) is 34.3 Å². The molecule has 3 nitrogen and oxygen atoms in total. The molecule has 0 spiro atoms. The molecule has 2 aromatic carbocycles. The van der Waals surface area contributed by atoms with Gasteiger partial charge < -0.3 is 9.64 Å². The van der Waals surface area contributed by atoms with Gasteiger partial charge in [-0.1, -0.05) is 54.6 Å². The first-order valence-electron chi connectivity index (χ1n) is 8.11. The van der Waals surface area contributed by atoms with E-state index in [0.717, 1.165) is 36.1 Å². The molecule has 1 saturated heterocycles. The Morgan fingerprint density at radius 2 is 1.78 bits per heavy atom. The van der Waals surface area contributed by atoms with Gasteiger partial charge in [-0.25, -0.2) is 0 Å². The molecule has 3 heteroatoms. The maximum atomic E-state index is 12.8. The third-order valence-corrected chi connectivity index (χ3v) is 4.59. The summed E-state index contributed by atoms with van der Waals surface area (Å²) in [5, 5.41) is 0. The van der Waals surface area contributed by atoms with Gasteiger partial charge in [-0.05, 0) is 30.5 Å². The van der Waals surface area contributed by atoms with Crippen LogP contribution in [0.5, 0.6) is 0 Å². The molecule has 2 aliphatic heterocycles. The second-order valence-corrected chi connectivity index (χ2v) is 6.00. The molecule has 0 bridgehead atoms. The Kier molecular flexibility index (Phi) is 3.50. The van der Waals surface area contributed by atoms with Crippen LogP contribution in [0.15, 0.2) is 60.7 Å². The second-order valence-electron chi connectivity index (χ2n) is 6.00. The predicted molar refractivity (Wildman–Crippen MR) is 89.8 cm³/mol. The van der Waals surface area contributed by atoms with Crippen molar-refractivity contribution in [1.82, 2.24) is 4.90 Å². The highest BCUT2D eigenvalue weighted by Crippen LogP contribution is 2.43. The van der Waals surface area contributed by atoms with Crippen LogP contribution in [0.25, 0.3) is 6.08 Å². The van der Waals surface area contributed by atoms with Gasteiger partial charge >= 0.3 is 0 Å². The van der Waals surface area contributed by atoms with E-state index in [9.17, 15) is 4.79 Å². The summed E-state index contributed by atoms with van der Waals surface area (Å²) in [5.74, 6) is 0.0696. The number of fused-ring (bicyclic) bond motifs is 3. The smallest absolute Gasteiger partial charge is 0.257 e. The van der Waals surface area contributed by atoms with Crippen LogP contribution in [0, 0.1) is 0 Å². The summed E-state index contributed by atoms with van der Waals surface area (Å²) >= 11 is 0. The molecule has 1 atom stereocenters. The van der Waals surface area contributed by atoms with Crippen molar-refractivity contribution < 1.29 is 9.53 Å². The van der Waals surface area contributed by atoms with E-state index in [1.54, 1.807) is 0 Å². The van der Waals surface area contributed by atoms with Crippen molar-refractivity contribution in [2.45, 2.75) is 18.6 Å². The van der Waals surface area contributed by atoms with E-state index in [1.165, 1.54) is 0 Å². The summed E-state index contributed by atoms with van der Waals surface area (Å²) in [5.41, 5.74) is 2.05. The lowest BCUT2D eigenvalue weighted by Crippen LogP contribution is -2.43. The number of hydrogen-bond acceptors (Lipinski definition) is 2. The van der Waals surface area contributed by atoms with Crippen LogP contribution in [0.4, 0.5) is 0 Å². The molecule has 23 heavy (non-hydrogen) atoms. The molecule has 2 aromatic rings. The molecular weight excluding hydrogens is 286 g/mol. The second kappa shape index (κ2) is 5.67. The van der Waals surface area contributed by atoms with E-state index in [-0.39, 0.29) is 5.91 Å². The van der Waals surface area contributed by atoms with Crippen molar-refractivity contribution in [2.24, 2.45) is 0 Å². The molecule has 2 heterocycles. The van der Waals surface area contributed by atoms with E-state index in [1.807, 2.05) is 59.5 Å². The summed E-state index contributed by atoms with van der Waals surface area (Å²) in [6.45, 7) is 1.39. The third kappa shape index (κ3) is 2.28. The highest BCUT2D eigenvalue weighted by molar-refractivity contribution is 6.00. The first kappa shape index (κ1) is 14.2. The van der Waals surface area contributed by atoms with Crippen LogP contribution in [0.3, 0.4) is 0 Å². The monoisotopic (exact) mass is 305 g/mol. The molecule has 0 N–H and O–H groups in total. The maximum Gasteiger partial charge on any atom is 0.257 e. The first-order chi connectivity index (χ1) is 11.3. The van der Waals surface area contributed by atoms with E-state index in [4.69, 9.17) is 4.74 Å². The molecule has 1 unspecified atom stereocenters. The van der Waals surface area contributed by atoms with Crippen LogP contribution < -0.4 is 0 Å². The van der Waals surface area contributed by atoms with Crippen molar-refractivity contribution >= 4 is 12.0 Å². The van der Waals surface area contributed by atoms with Crippen molar-refractivity contribution in [2.75, 3.05) is 13.2 Å². The molecule has 4 rings (SSSR count). The van der Waals surface area contributed by atoms with Crippen LogP contribution in [-0.2, 0) is 10.5 Å². The zero-order valence-electron chi connectivity index (χ0n) is 12.9. The fourth-order valence-corrected chi connectivity index (χ4v) is 3.45. The van der Waals surface area contributed by atoms with Crippen LogP contribution >= 0.6 is 0 Å². The lowest BCUT2D eigenvalue weighted by molar-refractivity contribution is -0.0876. The molecule has 0 saturated carbocycles. The van der Waals surface area contributed by atoms with E-state index in [0.29, 0.717) is 6.61 Å². The molecule has 116 valence electrons. The van der Waals surface area contributed by atoms with Gasteiger partial charge in [0.2, 0.25) is 0 Å². The summed E-state index contributed by atoms with van der Waals surface area (Å²) < 4.78 is 6.25. The zero-order valence-corrected chi connectivity index (χ0v) is 12.9. The largest absolute Gasteiger partial charge is 0.348 e. The first-order valence-corrected chi connectivity index (χ1v) is 8.11. The van der Waals surface area contributed by atoms with Crippen molar-refractivity contribution in [3.8, 4) is 0 Å². The Balaban J connectivity index is 1.83. The minimum absolute atomic E-state index is 0.0696. The van der Waals surface area contributed by atoms with Gasteiger partial charge in [0, 0.05) is 17.7 Å². The Hall–Kier alpha value is -2.39. The average Bonchev–Trinajstić information content (AvgIpc) is 2.75. The summed E-state index contributed by atoms with van der Waals surface area (Å²) in [6, 6.07) is 17.9. The summed E-state index contributed by atoms with van der Waals surface area (Å²) in [4.78, 5) is 14.7. The van der Waals surface area contributed by atoms with Gasteiger partial charge in [0.15, 0.2) is 5.72 Å². The van der Waals surface area contributed by atoms with E-state index >= 15 is 0 Å². The summed E-state index contributed by atoms with van der Waals surface area (Å²) in [7, 11) is 0. The molecule has 2 aliphatic rings. The Bertz CT molecular complexity index is 753. The van der Waals surface area contributed by atoms with Crippen LogP contribution in [-0.4, -0.2) is 24.0 Å². The van der Waals surface area contributed by atoms with Gasteiger partial charge in [-0.3, -0.25) is 4.79 Å². The highest BCUT2D eigenvalue weighted by atomic mass is 16.5. The standard InChI is InChI=1S/C20H19NO2/c22-19-17-10-4-5-11-18(17)20(21(19)14-6-7-15-23-20)13-12-16-8-2-1-3-9-16/h1-5,8-13H,6-7,14-15H2/b13-12+. The van der Waals surface area contributed by atoms with Gasteiger partial charge in [0.25, 0.3) is 5.91 Å². The number of ether oxygens (including phenoxy) is 1. The number of hydrogen-bond donors (Lipinski definition) is 0. The fraction of sp³-hybridized carbons (Fsp3) is 0.250. The molecular formula is C20H19NO2. The molecule has 1 fully saturated rings. The van der Waals surface area contributed by atoms with Crippen molar-refractivity contribution in [3.63, 3.8) is 0 Å². The van der Waals surface area contributed by atoms with Gasteiger partial charge in [-0.15, -0.1) is 0 Å². The quantitative estimate of drug-likeness (QED) is 0.844. The minimum atomic E-state index is -0.764. The average molecular weight is 305 g/mol. The number of carbonyl (C=O) groups is 1. The lowest BCUT2D eigenvalue weighted by Gasteiger charge is -2.34. The normalized spacial score (nSPS) is 23.7. The van der Waals surface area contributed by atoms with E-state index in [2.05, 4.69) is 12.1 Å². The number of benzene rings is 2. The summed E-state index contributed by atoms with van der Waals surface area (Å²) in [6.07, 6.45) is 6.04. The minimum Gasteiger partial charge on any atom is -0.348 e. The van der Waals surface area contributed by atoms with Gasteiger partial charge in [0.1, 0.15) is 0 Å². The topological polar surface area (TPSA) is 29.5 Å².